The van der Waals surface area contributed by atoms with E-state index in [1.807, 2.05) is 18.2 Å². The maximum absolute atomic E-state index is 5.31. The summed E-state index contributed by atoms with van der Waals surface area (Å²) in [5, 5.41) is 2.46. The van der Waals surface area contributed by atoms with Crippen LogP contribution in [-0.2, 0) is 0 Å². The Morgan fingerprint density at radius 3 is 2.00 bits per heavy atom. The van der Waals surface area contributed by atoms with Crippen molar-refractivity contribution in [2.45, 2.75) is 0 Å². The highest BCUT2D eigenvalue weighted by atomic mass is 16.5. The van der Waals surface area contributed by atoms with Gasteiger partial charge >= 0.3 is 0 Å². The van der Waals surface area contributed by atoms with E-state index in [1.54, 1.807) is 7.11 Å². The summed E-state index contributed by atoms with van der Waals surface area (Å²) in [7, 11) is 1.69. The molecule has 0 bridgehead atoms. The molecule has 0 aromatic heterocycles. The topological polar surface area (TPSA) is 12.5 Å². The van der Waals surface area contributed by atoms with Crippen molar-refractivity contribution in [3.05, 3.63) is 97.1 Å². The van der Waals surface area contributed by atoms with Crippen LogP contribution in [0.2, 0.25) is 0 Å². The zero-order chi connectivity index (χ0) is 17.1. The van der Waals surface area contributed by atoms with Crippen molar-refractivity contribution in [3.8, 4) is 5.75 Å². The zero-order valence-corrected chi connectivity index (χ0v) is 14.1. The first-order valence-corrected chi connectivity index (χ1v) is 8.34. The Labute approximate surface area is 147 Å². The normalized spacial score (nSPS) is 10.6. The molecule has 0 saturated heterocycles. The summed E-state index contributed by atoms with van der Waals surface area (Å²) in [4.78, 5) is 2.28. The molecule has 2 nitrogen and oxygen atoms in total. The monoisotopic (exact) mass is 325 g/mol. The number of hydrogen-bond donors (Lipinski definition) is 0. The Morgan fingerprint density at radius 1 is 0.600 bits per heavy atom. The van der Waals surface area contributed by atoms with E-state index in [2.05, 4.69) is 83.8 Å². The number of rotatable bonds is 4. The first-order valence-electron chi connectivity index (χ1n) is 8.34. The molecule has 0 unspecified atom stereocenters. The van der Waals surface area contributed by atoms with Crippen LogP contribution in [0.5, 0.6) is 5.75 Å². The van der Waals surface area contributed by atoms with Crippen molar-refractivity contribution in [2.24, 2.45) is 0 Å². The second kappa shape index (κ2) is 6.70. The molecule has 4 aromatic rings. The third kappa shape index (κ3) is 2.94. The van der Waals surface area contributed by atoms with Gasteiger partial charge in [0.2, 0.25) is 0 Å². The number of hydrogen-bond acceptors (Lipinski definition) is 2. The average molecular weight is 325 g/mol. The van der Waals surface area contributed by atoms with Gasteiger partial charge in [0.1, 0.15) is 5.75 Å². The molecular formula is C23H19NO. The lowest BCUT2D eigenvalue weighted by molar-refractivity contribution is 0.415. The minimum absolute atomic E-state index is 0.856. The number of anilines is 3. The summed E-state index contributed by atoms with van der Waals surface area (Å²) in [6, 6.07) is 33.5. The van der Waals surface area contributed by atoms with E-state index in [4.69, 9.17) is 4.74 Å². The molecule has 0 aliphatic rings. The molecule has 0 spiro atoms. The number of ether oxygens (including phenoxy) is 1. The molecule has 0 atom stereocenters. The van der Waals surface area contributed by atoms with Crippen LogP contribution in [-0.4, -0.2) is 7.11 Å². The quantitative estimate of drug-likeness (QED) is 0.435. The van der Waals surface area contributed by atoms with E-state index < -0.39 is 0 Å². The Kier molecular flexibility index (Phi) is 4.09. The fourth-order valence-electron chi connectivity index (χ4n) is 3.14. The molecule has 25 heavy (non-hydrogen) atoms. The first kappa shape index (κ1) is 15.3. The third-order valence-electron chi connectivity index (χ3n) is 4.35. The summed E-state index contributed by atoms with van der Waals surface area (Å²) < 4.78 is 5.31. The summed E-state index contributed by atoms with van der Waals surface area (Å²) in [5.41, 5.74) is 3.39. The molecule has 4 rings (SSSR count). The average Bonchev–Trinajstić information content (AvgIpc) is 2.70. The number of nitrogens with zero attached hydrogens (tertiary/aromatic N) is 1. The smallest absolute Gasteiger partial charge is 0.119 e. The van der Waals surface area contributed by atoms with Gasteiger partial charge in [0.05, 0.1) is 12.8 Å². The lowest BCUT2D eigenvalue weighted by Gasteiger charge is -2.27. The Balaban J connectivity index is 1.93. The third-order valence-corrected chi connectivity index (χ3v) is 4.35. The van der Waals surface area contributed by atoms with E-state index in [0.29, 0.717) is 0 Å². The number of benzene rings is 4. The molecule has 0 amide bonds. The largest absolute Gasteiger partial charge is 0.497 e. The van der Waals surface area contributed by atoms with Gasteiger partial charge in [-0.15, -0.1) is 0 Å². The molecule has 0 N–H and O–H groups in total. The molecule has 4 aromatic carbocycles. The van der Waals surface area contributed by atoms with Crippen molar-refractivity contribution in [2.75, 3.05) is 12.0 Å². The van der Waals surface area contributed by atoms with Crippen LogP contribution in [0.25, 0.3) is 10.8 Å². The van der Waals surface area contributed by atoms with Gasteiger partial charge in [-0.3, -0.25) is 0 Å². The number of para-hydroxylation sites is 1. The maximum Gasteiger partial charge on any atom is 0.119 e. The number of methoxy groups -OCH3 is 1. The lowest BCUT2D eigenvalue weighted by Crippen LogP contribution is -2.10. The summed E-state index contributed by atoms with van der Waals surface area (Å²) >= 11 is 0. The molecule has 0 heterocycles. The van der Waals surface area contributed by atoms with Crippen LogP contribution in [0, 0.1) is 0 Å². The lowest BCUT2D eigenvalue weighted by atomic mass is 10.1. The molecule has 0 fully saturated rings. The van der Waals surface area contributed by atoms with Crippen molar-refractivity contribution < 1.29 is 4.74 Å². The van der Waals surface area contributed by atoms with Crippen LogP contribution < -0.4 is 9.64 Å². The van der Waals surface area contributed by atoms with Gasteiger partial charge in [0.25, 0.3) is 0 Å². The van der Waals surface area contributed by atoms with E-state index in [0.717, 1.165) is 22.8 Å². The van der Waals surface area contributed by atoms with Crippen LogP contribution in [0.4, 0.5) is 17.1 Å². The second-order valence-corrected chi connectivity index (χ2v) is 5.87. The van der Waals surface area contributed by atoms with Gasteiger partial charge in [-0.05, 0) is 47.9 Å². The van der Waals surface area contributed by atoms with Gasteiger partial charge in [-0.1, -0.05) is 54.6 Å². The molecule has 2 heteroatoms. The zero-order valence-electron chi connectivity index (χ0n) is 14.1. The SMILES string of the molecule is COc1ccc(N(c2ccccc2)c2cccc3ccccc23)cc1. The van der Waals surface area contributed by atoms with Crippen LogP contribution >= 0.6 is 0 Å². The summed E-state index contributed by atoms with van der Waals surface area (Å²) in [6.07, 6.45) is 0. The highest BCUT2D eigenvalue weighted by Crippen LogP contribution is 2.38. The van der Waals surface area contributed by atoms with Crippen LogP contribution in [0.1, 0.15) is 0 Å². The molecule has 0 aliphatic carbocycles. The van der Waals surface area contributed by atoms with Crippen molar-refractivity contribution in [3.63, 3.8) is 0 Å². The molecule has 122 valence electrons. The highest BCUT2D eigenvalue weighted by Gasteiger charge is 2.14. The van der Waals surface area contributed by atoms with Gasteiger partial charge < -0.3 is 9.64 Å². The van der Waals surface area contributed by atoms with Crippen LogP contribution in [0.15, 0.2) is 97.1 Å². The van der Waals surface area contributed by atoms with Crippen LogP contribution in [0.3, 0.4) is 0 Å². The highest BCUT2D eigenvalue weighted by molar-refractivity contribution is 5.98. The molecular weight excluding hydrogens is 306 g/mol. The standard InChI is InChI=1S/C23H19NO/c1-25-21-16-14-20(15-17-21)24(19-10-3-2-4-11-19)23-13-7-9-18-8-5-6-12-22(18)23/h2-17H,1H3. The fraction of sp³-hybridized carbons (Fsp3) is 0.0435. The Morgan fingerprint density at radius 2 is 1.24 bits per heavy atom. The van der Waals surface area contributed by atoms with Crippen molar-refractivity contribution in [1.29, 1.82) is 0 Å². The van der Waals surface area contributed by atoms with E-state index in [1.165, 1.54) is 10.8 Å². The van der Waals surface area contributed by atoms with Gasteiger partial charge in [0.15, 0.2) is 0 Å². The Bertz CT molecular complexity index is 972. The summed E-state index contributed by atoms with van der Waals surface area (Å²) in [5.74, 6) is 0.856. The van der Waals surface area contributed by atoms with Gasteiger partial charge in [0, 0.05) is 16.8 Å². The molecule has 0 radical (unpaired) electrons. The molecule has 0 saturated carbocycles. The minimum Gasteiger partial charge on any atom is -0.497 e. The van der Waals surface area contributed by atoms with E-state index in [9.17, 15) is 0 Å². The summed E-state index contributed by atoms with van der Waals surface area (Å²) in [6.45, 7) is 0. The fourth-order valence-corrected chi connectivity index (χ4v) is 3.14. The van der Waals surface area contributed by atoms with Gasteiger partial charge in [-0.25, -0.2) is 0 Å². The molecule has 0 aliphatic heterocycles. The predicted octanol–water partition coefficient (Wildman–Crippen LogP) is 6.32. The minimum atomic E-state index is 0.856. The van der Waals surface area contributed by atoms with E-state index >= 15 is 0 Å². The first-order chi connectivity index (χ1) is 12.4. The van der Waals surface area contributed by atoms with Crippen molar-refractivity contribution in [1.82, 2.24) is 0 Å². The maximum atomic E-state index is 5.31. The number of fused-ring (bicyclic) bond motifs is 1. The second-order valence-electron chi connectivity index (χ2n) is 5.87. The van der Waals surface area contributed by atoms with E-state index in [-0.39, 0.29) is 0 Å². The predicted molar refractivity (Wildman–Crippen MR) is 105 cm³/mol. The van der Waals surface area contributed by atoms with Crippen molar-refractivity contribution >= 4 is 27.8 Å². The van der Waals surface area contributed by atoms with Gasteiger partial charge in [-0.2, -0.15) is 0 Å². The Hall–Kier alpha value is -3.26.